The minimum Gasteiger partial charge on any atom is -0.267 e. The summed E-state index contributed by atoms with van der Waals surface area (Å²) in [7, 11) is -3.55. The number of sulfonamides is 1. The van der Waals surface area contributed by atoms with Crippen LogP contribution in [0.2, 0.25) is 0 Å². The first-order valence-electron chi connectivity index (χ1n) is 7.22. The number of hydrogen-bond donors (Lipinski definition) is 0. The van der Waals surface area contributed by atoms with E-state index in [4.69, 9.17) is 0 Å². The van der Waals surface area contributed by atoms with E-state index in [2.05, 4.69) is 0 Å². The largest absolute Gasteiger partial charge is 0.269 e. The second-order valence-electron chi connectivity index (χ2n) is 5.66. The smallest absolute Gasteiger partial charge is 0.267 e. The Morgan fingerprint density at radius 1 is 1.17 bits per heavy atom. The molecular weight excluding hydrogens is 316 g/mol. The third-order valence-electron chi connectivity index (χ3n) is 3.94. The number of benzene rings is 2. The zero-order valence-electron chi connectivity index (χ0n) is 12.5. The number of fused-ring (bicyclic) bond motifs is 1. The Morgan fingerprint density at radius 3 is 2.48 bits per heavy atom. The highest BCUT2D eigenvalue weighted by molar-refractivity contribution is 7.92. The minimum atomic E-state index is -3.55. The van der Waals surface area contributed by atoms with E-state index < -0.39 is 14.9 Å². The lowest BCUT2D eigenvalue weighted by Crippen LogP contribution is -2.36. The highest BCUT2D eigenvalue weighted by Crippen LogP contribution is 2.35. The summed E-state index contributed by atoms with van der Waals surface area (Å²) < 4.78 is 27.0. The molecule has 0 saturated heterocycles. The van der Waals surface area contributed by atoms with Gasteiger partial charge in [-0.1, -0.05) is 30.3 Å². The van der Waals surface area contributed by atoms with E-state index >= 15 is 0 Å². The van der Waals surface area contributed by atoms with E-state index in [-0.39, 0.29) is 17.5 Å². The Morgan fingerprint density at radius 2 is 1.83 bits per heavy atom. The van der Waals surface area contributed by atoms with Crippen LogP contribution in [0.25, 0.3) is 0 Å². The quantitative estimate of drug-likeness (QED) is 0.637. The van der Waals surface area contributed by atoms with Crippen LogP contribution >= 0.6 is 0 Å². The molecule has 23 heavy (non-hydrogen) atoms. The predicted molar refractivity (Wildman–Crippen MR) is 87.8 cm³/mol. The van der Waals surface area contributed by atoms with Gasteiger partial charge in [0.25, 0.3) is 5.69 Å². The van der Waals surface area contributed by atoms with Crippen molar-refractivity contribution in [1.82, 2.24) is 0 Å². The highest BCUT2D eigenvalue weighted by atomic mass is 32.2. The zero-order valence-corrected chi connectivity index (χ0v) is 13.4. The predicted octanol–water partition coefficient (Wildman–Crippen LogP) is 2.88. The van der Waals surface area contributed by atoms with Gasteiger partial charge in [0.1, 0.15) is 0 Å². The van der Waals surface area contributed by atoms with Crippen molar-refractivity contribution in [1.29, 1.82) is 0 Å². The van der Waals surface area contributed by atoms with Gasteiger partial charge >= 0.3 is 0 Å². The Labute approximate surface area is 134 Å². The number of nitrogens with zero attached hydrogens (tertiary/aromatic N) is 2. The second kappa shape index (κ2) is 5.66. The lowest BCUT2D eigenvalue weighted by Gasteiger charge is -2.24. The van der Waals surface area contributed by atoms with Gasteiger partial charge < -0.3 is 0 Å². The normalized spacial score (nSPS) is 17.1. The molecule has 0 radical (unpaired) electrons. The summed E-state index contributed by atoms with van der Waals surface area (Å²) in [5.74, 6) is -0.177. The van der Waals surface area contributed by atoms with E-state index in [1.165, 1.54) is 28.6 Å². The molecule has 6 nitrogen and oxygen atoms in total. The summed E-state index contributed by atoms with van der Waals surface area (Å²) >= 11 is 0. The molecule has 1 unspecified atom stereocenters. The van der Waals surface area contributed by atoms with E-state index in [1.807, 2.05) is 31.2 Å². The number of non-ortho nitro benzene ring substituents is 1. The van der Waals surface area contributed by atoms with Gasteiger partial charge in [0.2, 0.25) is 10.0 Å². The Bertz CT molecular complexity index is 847. The third-order valence-corrected chi connectivity index (χ3v) is 5.79. The van der Waals surface area contributed by atoms with Crippen molar-refractivity contribution in [3.63, 3.8) is 0 Å². The van der Waals surface area contributed by atoms with Crippen LogP contribution in [0.4, 0.5) is 11.4 Å². The molecule has 1 aliphatic heterocycles. The SMILES string of the molecule is CC1Cc2ccccc2N1S(=O)(=O)Cc1ccc([N+](=O)[O-])cc1. The number of anilines is 1. The molecule has 0 spiro atoms. The van der Waals surface area contributed by atoms with E-state index in [0.29, 0.717) is 12.0 Å². The Hall–Kier alpha value is -2.41. The molecule has 2 aromatic rings. The van der Waals surface area contributed by atoms with Crippen LogP contribution in [0.3, 0.4) is 0 Å². The van der Waals surface area contributed by atoms with Crippen molar-refractivity contribution in [2.45, 2.75) is 25.1 Å². The maximum absolute atomic E-state index is 12.8. The fraction of sp³-hybridized carbons (Fsp3) is 0.250. The maximum Gasteiger partial charge on any atom is 0.269 e. The second-order valence-corrected chi connectivity index (χ2v) is 7.50. The standard InChI is InChI=1S/C16H16N2O4S/c1-12-10-14-4-2-3-5-16(14)17(12)23(21,22)11-13-6-8-15(9-7-13)18(19)20/h2-9,12H,10-11H2,1H3. The molecule has 0 aliphatic carbocycles. The van der Waals surface area contributed by atoms with E-state index in [0.717, 1.165) is 11.3 Å². The molecule has 1 heterocycles. The van der Waals surface area contributed by atoms with E-state index in [1.54, 1.807) is 0 Å². The summed E-state index contributed by atoms with van der Waals surface area (Å²) in [6.45, 7) is 1.88. The first kappa shape index (κ1) is 15.5. The van der Waals surface area contributed by atoms with Gasteiger partial charge in [-0.25, -0.2) is 8.42 Å². The molecule has 1 atom stereocenters. The topological polar surface area (TPSA) is 80.5 Å². The number of nitro benzene ring substituents is 1. The number of hydrogen-bond acceptors (Lipinski definition) is 4. The number of para-hydroxylation sites is 1. The summed E-state index contributed by atoms with van der Waals surface area (Å²) in [6.07, 6.45) is 0.690. The maximum atomic E-state index is 12.8. The molecule has 120 valence electrons. The molecule has 0 fully saturated rings. The van der Waals surface area contributed by atoms with Crippen LogP contribution in [-0.2, 0) is 22.2 Å². The minimum absolute atomic E-state index is 0.0500. The Balaban J connectivity index is 1.89. The molecule has 3 rings (SSSR count). The summed E-state index contributed by atoms with van der Waals surface area (Å²) in [6, 6.07) is 13.0. The summed E-state index contributed by atoms with van der Waals surface area (Å²) in [5.41, 5.74) is 2.23. The average molecular weight is 332 g/mol. The molecule has 2 aromatic carbocycles. The first-order valence-corrected chi connectivity index (χ1v) is 8.83. The van der Waals surface area contributed by atoms with Gasteiger partial charge in [-0.15, -0.1) is 0 Å². The molecule has 0 amide bonds. The molecule has 1 aliphatic rings. The van der Waals surface area contributed by atoms with Crippen molar-refractivity contribution < 1.29 is 13.3 Å². The average Bonchev–Trinajstić information content (AvgIpc) is 2.83. The zero-order chi connectivity index (χ0) is 16.6. The molecule has 0 aromatic heterocycles. The monoisotopic (exact) mass is 332 g/mol. The molecule has 0 bridgehead atoms. The fourth-order valence-corrected chi connectivity index (χ4v) is 4.81. The van der Waals surface area contributed by atoms with Crippen LogP contribution in [0.1, 0.15) is 18.1 Å². The van der Waals surface area contributed by atoms with Crippen molar-refractivity contribution in [2.75, 3.05) is 4.31 Å². The number of rotatable bonds is 4. The highest BCUT2D eigenvalue weighted by Gasteiger charge is 2.34. The van der Waals surface area contributed by atoms with Gasteiger partial charge in [-0.05, 0) is 30.5 Å². The van der Waals surface area contributed by atoms with Gasteiger partial charge in [0, 0.05) is 18.2 Å². The van der Waals surface area contributed by atoms with Crippen molar-refractivity contribution >= 4 is 21.4 Å². The van der Waals surface area contributed by atoms with Crippen molar-refractivity contribution in [2.24, 2.45) is 0 Å². The van der Waals surface area contributed by atoms with Crippen molar-refractivity contribution in [3.05, 3.63) is 69.8 Å². The third kappa shape index (κ3) is 2.92. The van der Waals surface area contributed by atoms with Gasteiger partial charge in [-0.2, -0.15) is 0 Å². The van der Waals surface area contributed by atoms with Crippen LogP contribution < -0.4 is 4.31 Å². The Kier molecular flexibility index (Phi) is 3.81. The molecule has 7 heteroatoms. The van der Waals surface area contributed by atoms with Crippen LogP contribution in [0.5, 0.6) is 0 Å². The number of nitro groups is 1. The lowest BCUT2D eigenvalue weighted by molar-refractivity contribution is -0.384. The van der Waals surface area contributed by atoms with Gasteiger partial charge in [0.15, 0.2) is 0 Å². The van der Waals surface area contributed by atoms with Gasteiger partial charge in [0.05, 0.1) is 16.4 Å². The van der Waals surface area contributed by atoms with Crippen LogP contribution in [0, 0.1) is 10.1 Å². The lowest BCUT2D eigenvalue weighted by atomic mass is 10.1. The van der Waals surface area contributed by atoms with Crippen LogP contribution in [-0.4, -0.2) is 19.4 Å². The molecule has 0 N–H and O–H groups in total. The van der Waals surface area contributed by atoms with E-state index in [9.17, 15) is 18.5 Å². The van der Waals surface area contributed by atoms with Crippen molar-refractivity contribution in [3.8, 4) is 0 Å². The summed E-state index contributed by atoms with van der Waals surface area (Å²) in [4.78, 5) is 10.2. The first-order chi connectivity index (χ1) is 10.9. The fourth-order valence-electron chi connectivity index (χ4n) is 2.96. The molecule has 0 saturated carbocycles. The molecular formula is C16H16N2O4S. The van der Waals surface area contributed by atoms with Crippen LogP contribution in [0.15, 0.2) is 48.5 Å². The van der Waals surface area contributed by atoms with Gasteiger partial charge in [-0.3, -0.25) is 14.4 Å². The summed E-state index contributed by atoms with van der Waals surface area (Å²) in [5, 5.41) is 10.7.